The summed E-state index contributed by atoms with van der Waals surface area (Å²) in [5, 5.41) is 3.34. The second-order valence-corrected chi connectivity index (χ2v) is 6.24. The van der Waals surface area contributed by atoms with Gasteiger partial charge in [-0.05, 0) is 31.2 Å². The van der Waals surface area contributed by atoms with Crippen molar-refractivity contribution in [2.75, 3.05) is 5.75 Å². The molecule has 0 aromatic carbocycles. The van der Waals surface area contributed by atoms with Crippen LogP contribution in [0.1, 0.15) is 58.2 Å². The molecule has 0 bridgehead atoms. The predicted octanol–water partition coefficient (Wildman–Crippen LogP) is 5.90. The van der Waals surface area contributed by atoms with Gasteiger partial charge in [0.1, 0.15) is 0 Å². The number of nitrogens with zero attached hydrogens (tertiary/aromatic N) is 2. The van der Waals surface area contributed by atoms with Crippen molar-refractivity contribution in [3.05, 3.63) is 27.2 Å². The Balaban J connectivity index is 0. The second kappa shape index (κ2) is 13.8. The molecule has 0 aliphatic heterocycles. The average Bonchev–Trinajstić information content (AvgIpc) is 2.80. The Bertz CT molecular complexity index is 355. The van der Waals surface area contributed by atoms with Crippen LogP contribution >= 0.6 is 23.1 Å². The molecule has 2 nitrogen and oxygen atoms in total. The molecule has 0 amide bonds. The molecule has 0 aliphatic rings. The largest absolute Gasteiger partial charge is 0.272 e. The van der Waals surface area contributed by atoms with Crippen LogP contribution in [0.25, 0.3) is 0 Å². The van der Waals surface area contributed by atoms with E-state index in [4.69, 9.17) is 0 Å². The van der Waals surface area contributed by atoms with Crippen LogP contribution in [-0.4, -0.2) is 17.5 Å². The molecule has 0 aliphatic carbocycles. The normalized spacial score (nSPS) is 10.2. The number of aromatic nitrogens is 1. The van der Waals surface area contributed by atoms with E-state index in [9.17, 15) is 0 Å². The van der Waals surface area contributed by atoms with Crippen LogP contribution in [0.4, 0.5) is 0 Å². The Morgan fingerprint density at radius 3 is 2.37 bits per heavy atom. The van der Waals surface area contributed by atoms with Crippen LogP contribution in [0.2, 0.25) is 0 Å². The molecule has 4 heteroatoms. The summed E-state index contributed by atoms with van der Waals surface area (Å²) in [6, 6.07) is 0. The molecule has 1 aromatic heterocycles. The highest BCUT2D eigenvalue weighted by Crippen LogP contribution is 2.18. The summed E-state index contributed by atoms with van der Waals surface area (Å²) in [5.41, 5.74) is 1.14. The molecule has 1 aromatic rings. The monoisotopic (exact) mass is 300 g/mol. The summed E-state index contributed by atoms with van der Waals surface area (Å²) in [4.78, 5) is 9.17. The molecule has 1 heterocycles. The smallest absolute Gasteiger partial charge is 0.0953 e. The Morgan fingerprint density at radius 1 is 1.53 bits per heavy atom. The van der Waals surface area contributed by atoms with Crippen molar-refractivity contribution in [2.45, 2.75) is 54.4 Å². The Labute approximate surface area is 127 Å². The molecule has 110 valence electrons. The van der Waals surface area contributed by atoms with Gasteiger partial charge in [0.15, 0.2) is 0 Å². The van der Waals surface area contributed by atoms with Crippen molar-refractivity contribution in [1.82, 2.24) is 4.98 Å². The molecule has 0 spiro atoms. The van der Waals surface area contributed by atoms with Crippen LogP contribution in [0.3, 0.4) is 0 Å². The van der Waals surface area contributed by atoms with E-state index < -0.39 is 0 Å². The van der Waals surface area contributed by atoms with Gasteiger partial charge in [-0.3, -0.25) is 4.99 Å². The third-order valence-electron chi connectivity index (χ3n) is 1.78. The van der Waals surface area contributed by atoms with Gasteiger partial charge < -0.3 is 0 Å². The van der Waals surface area contributed by atoms with Crippen molar-refractivity contribution in [3.8, 4) is 0 Å². The molecule has 1 rings (SSSR count). The summed E-state index contributed by atoms with van der Waals surface area (Å²) in [5.74, 6) is 1.70. The molecule has 0 saturated carbocycles. The summed E-state index contributed by atoms with van der Waals surface area (Å²) in [6.45, 7) is 17.8. The first-order chi connectivity index (χ1) is 9.01. The van der Waals surface area contributed by atoms with E-state index in [0.29, 0.717) is 5.92 Å². The topological polar surface area (TPSA) is 25.2 Å². The molecular formula is C15H28N2S2. The SMILES string of the molecule is C=N/C=C(/C)SCC.CC.Cc1csc(C(C)C)n1. The van der Waals surface area contributed by atoms with Crippen LogP contribution in [-0.2, 0) is 0 Å². The minimum absolute atomic E-state index is 0.587. The molecule has 0 N–H and O–H groups in total. The van der Waals surface area contributed by atoms with Gasteiger partial charge in [0.25, 0.3) is 0 Å². The highest BCUT2D eigenvalue weighted by Gasteiger charge is 2.01. The number of hydrogen-bond acceptors (Lipinski definition) is 4. The number of thioether (sulfide) groups is 1. The van der Waals surface area contributed by atoms with Crippen LogP contribution in [0.15, 0.2) is 21.5 Å². The molecule has 19 heavy (non-hydrogen) atoms. The van der Waals surface area contributed by atoms with Crippen LogP contribution in [0.5, 0.6) is 0 Å². The minimum Gasteiger partial charge on any atom is -0.272 e. The number of allylic oxidation sites excluding steroid dienone is 1. The number of thiazole rings is 1. The maximum absolute atomic E-state index is 4.33. The van der Waals surface area contributed by atoms with E-state index in [1.165, 1.54) is 9.91 Å². The zero-order chi connectivity index (χ0) is 15.3. The Morgan fingerprint density at radius 2 is 2.11 bits per heavy atom. The quantitative estimate of drug-likeness (QED) is 0.646. The molecule has 0 radical (unpaired) electrons. The van der Waals surface area contributed by atoms with Gasteiger partial charge in [-0.1, -0.05) is 34.6 Å². The van der Waals surface area contributed by atoms with Gasteiger partial charge in [-0.15, -0.1) is 23.1 Å². The van der Waals surface area contributed by atoms with Crippen molar-refractivity contribution in [1.29, 1.82) is 0 Å². The summed E-state index contributed by atoms with van der Waals surface area (Å²) >= 11 is 3.53. The molecule has 0 atom stereocenters. The number of aryl methyl sites for hydroxylation is 1. The highest BCUT2D eigenvalue weighted by molar-refractivity contribution is 8.03. The number of hydrogen-bond donors (Lipinski definition) is 0. The molecule has 0 saturated heterocycles. The maximum atomic E-state index is 4.33. The molecule has 0 fully saturated rings. The number of aliphatic imine (C=N–C) groups is 1. The fourth-order valence-corrected chi connectivity index (χ4v) is 2.45. The lowest BCUT2D eigenvalue weighted by atomic mass is 10.2. The summed E-state index contributed by atoms with van der Waals surface area (Å²) in [6.07, 6.45) is 1.77. The third-order valence-corrected chi connectivity index (χ3v) is 3.89. The van der Waals surface area contributed by atoms with Crippen molar-refractivity contribution in [2.24, 2.45) is 4.99 Å². The average molecular weight is 301 g/mol. The van der Waals surface area contributed by atoms with E-state index >= 15 is 0 Å². The first-order valence-corrected chi connectivity index (χ1v) is 8.55. The lowest BCUT2D eigenvalue weighted by molar-refractivity contribution is 0.847. The van der Waals surface area contributed by atoms with Crippen molar-refractivity contribution in [3.63, 3.8) is 0 Å². The molecule has 0 unspecified atom stereocenters. The zero-order valence-electron chi connectivity index (χ0n) is 13.4. The summed E-state index contributed by atoms with van der Waals surface area (Å²) in [7, 11) is 0. The zero-order valence-corrected chi connectivity index (χ0v) is 15.0. The summed E-state index contributed by atoms with van der Waals surface area (Å²) < 4.78 is 0. The van der Waals surface area contributed by atoms with Crippen LogP contribution in [0, 0.1) is 6.92 Å². The minimum atomic E-state index is 0.587. The molecular weight excluding hydrogens is 272 g/mol. The van der Waals surface area contributed by atoms with Crippen molar-refractivity contribution < 1.29 is 0 Å². The Hall–Kier alpha value is -0.610. The van der Waals surface area contributed by atoms with Crippen molar-refractivity contribution >= 4 is 29.8 Å². The van der Waals surface area contributed by atoms with Gasteiger partial charge >= 0.3 is 0 Å². The first kappa shape index (κ1) is 20.7. The lowest BCUT2D eigenvalue weighted by Gasteiger charge is -1.94. The fraction of sp³-hybridized carbons (Fsp3) is 0.600. The van der Waals surface area contributed by atoms with Gasteiger partial charge in [0.05, 0.1) is 5.01 Å². The number of rotatable bonds is 4. The van der Waals surface area contributed by atoms with Gasteiger partial charge in [-0.2, -0.15) is 0 Å². The standard InChI is InChI=1S/C7H11NS.C6H11NS.C2H6/c1-5(2)7-8-6(3)4-9-7;1-4-8-6(2)5-7-3;1-2/h4-5H,1-3H3;5H,3-4H2,1-2H3;1-2H3/b;6-5-;. The fourth-order valence-electron chi connectivity index (χ4n) is 1.03. The van der Waals surface area contributed by atoms with E-state index in [1.54, 1.807) is 29.3 Å². The van der Waals surface area contributed by atoms with Gasteiger partial charge in [-0.25, -0.2) is 4.98 Å². The van der Waals surface area contributed by atoms with Crippen LogP contribution < -0.4 is 0 Å². The Kier molecular flexibility index (Phi) is 15.1. The lowest BCUT2D eigenvalue weighted by Crippen LogP contribution is -1.83. The highest BCUT2D eigenvalue weighted by atomic mass is 32.2. The van der Waals surface area contributed by atoms with E-state index in [2.05, 4.69) is 42.8 Å². The first-order valence-electron chi connectivity index (χ1n) is 6.68. The van der Waals surface area contributed by atoms with Gasteiger partial charge in [0, 0.05) is 23.2 Å². The second-order valence-electron chi connectivity index (χ2n) is 3.84. The maximum Gasteiger partial charge on any atom is 0.0953 e. The van der Waals surface area contributed by atoms with E-state index in [0.717, 1.165) is 11.4 Å². The van der Waals surface area contributed by atoms with E-state index in [-0.39, 0.29) is 0 Å². The van der Waals surface area contributed by atoms with E-state index in [1.807, 2.05) is 27.7 Å². The van der Waals surface area contributed by atoms with Gasteiger partial charge in [0.2, 0.25) is 0 Å². The predicted molar refractivity (Wildman–Crippen MR) is 93.7 cm³/mol. The third kappa shape index (κ3) is 12.2.